The lowest BCUT2D eigenvalue weighted by Gasteiger charge is -2.03. The van der Waals surface area contributed by atoms with Gasteiger partial charge in [0.15, 0.2) is 0 Å². The molecule has 8 heteroatoms. The number of nitrogens with one attached hydrogen (secondary N) is 1. The molecule has 2 aromatic carbocycles. The van der Waals surface area contributed by atoms with Gasteiger partial charge >= 0.3 is 0 Å². The molecule has 2 N–H and O–H groups in total. The van der Waals surface area contributed by atoms with Gasteiger partial charge in [0.2, 0.25) is 0 Å². The zero-order valence-corrected chi connectivity index (χ0v) is 15.2. The number of aryl methyl sites for hydroxylation is 1. The Morgan fingerprint density at radius 2 is 1.96 bits per heavy atom. The molecule has 0 saturated heterocycles. The van der Waals surface area contributed by atoms with Crippen molar-refractivity contribution in [1.29, 1.82) is 0 Å². The standard InChI is InChI=1S/C18H14Cl2N4O2/c1-11-16(10-21-22-18(26)12-5-7-15(25)8-6-12)17(20)24(23-11)14-4-2-3-13(19)9-14/h2-10,25H,1H3,(H,22,26)/b21-10+. The second-order valence-electron chi connectivity index (χ2n) is 5.43. The summed E-state index contributed by atoms with van der Waals surface area (Å²) in [4.78, 5) is 12.0. The van der Waals surface area contributed by atoms with Crippen LogP contribution in [0.4, 0.5) is 0 Å². The molecule has 0 unspecified atom stereocenters. The number of nitrogens with zero attached hydrogens (tertiary/aromatic N) is 3. The van der Waals surface area contributed by atoms with E-state index in [-0.39, 0.29) is 5.75 Å². The average Bonchev–Trinajstić information content (AvgIpc) is 2.90. The molecule has 0 spiro atoms. The lowest BCUT2D eigenvalue weighted by molar-refractivity contribution is 0.0955. The quantitative estimate of drug-likeness (QED) is 0.524. The van der Waals surface area contributed by atoms with Gasteiger partial charge in [-0.3, -0.25) is 4.79 Å². The van der Waals surface area contributed by atoms with E-state index in [0.29, 0.717) is 27.0 Å². The summed E-state index contributed by atoms with van der Waals surface area (Å²) in [5.41, 5.74) is 4.74. The maximum atomic E-state index is 12.0. The first-order valence-corrected chi connectivity index (χ1v) is 8.35. The third-order valence-electron chi connectivity index (χ3n) is 3.59. The molecule has 0 radical (unpaired) electrons. The van der Waals surface area contributed by atoms with Gasteiger partial charge in [0.1, 0.15) is 10.9 Å². The fourth-order valence-electron chi connectivity index (χ4n) is 2.27. The number of carbonyl (C=O) groups is 1. The lowest BCUT2D eigenvalue weighted by Crippen LogP contribution is -2.17. The first-order valence-electron chi connectivity index (χ1n) is 7.59. The zero-order chi connectivity index (χ0) is 18.7. The minimum atomic E-state index is -0.405. The highest BCUT2D eigenvalue weighted by molar-refractivity contribution is 6.32. The summed E-state index contributed by atoms with van der Waals surface area (Å²) in [6, 6.07) is 13.0. The smallest absolute Gasteiger partial charge is 0.271 e. The Hall–Kier alpha value is -2.83. The van der Waals surface area contributed by atoms with Crippen molar-refractivity contribution < 1.29 is 9.90 Å². The van der Waals surface area contributed by atoms with Crippen molar-refractivity contribution in [2.24, 2.45) is 5.10 Å². The largest absolute Gasteiger partial charge is 0.508 e. The molecule has 3 aromatic rings. The summed E-state index contributed by atoms with van der Waals surface area (Å²) in [5, 5.41) is 18.5. The molecule has 0 bridgehead atoms. The number of benzene rings is 2. The van der Waals surface area contributed by atoms with Crippen LogP contribution in [0.5, 0.6) is 5.75 Å². The van der Waals surface area contributed by atoms with E-state index in [1.165, 1.54) is 30.5 Å². The van der Waals surface area contributed by atoms with Crippen LogP contribution >= 0.6 is 23.2 Å². The van der Waals surface area contributed by atoms with Crippen molar-refractivity contribution in [2.75, 3.05) is 0 Å². The van der Waals surface area contributed by atoms with Crippen molar-refractivity contribution in [2.45, 2.75) is 6.92 Å². The van der Waals surface area contributed by atoms with Gasteiger partial charge in [-0.05, 0) is 49.4 Å². The molecule has 6 nitrogen and oxygen atoms in total. The SMILES string of the molecule is Cc1nn(-c2cccc(Cl)c2)c(Cl)c1/C=N/NC(=O)c1ccc(O)cc1. The van der Waals surface area contributed by atoms with Crippen LogP contribution in [-0.2, 0) is 0 Å². The van der Waals surface area contributed by atoms with Gasteiger partial charge in [-0.25, -0.2) is 10.1 Å². The Labute approximate surface area is 159 Å². The summed E-state index contributed by atoms with van der Waals surface area (Å²) in [5.74, 6) is -0.321. The molecule has 0 saturated carbocycles. The third kappa shape index (κ3) is 3.87. The average molecular weight is 389 g/mol. The molecule has 0 aliphatic carbocycles. The summed E-state index contributed by atoms with van der Waals surface area (Å²) in [6.07, 6.45) is 1.43. The Morgan fingerprint density at radius 3 is 2.65 bits per heavy atom. The lowest BCUT2D eigenvalue weighted by atomic mass is 10.2. The van der Waals surface area contributed by atoms with Gasteiger partial charge in [-0.2, -0.15) is 10.2 Å². The predicted molar refractivity (Wildman–Crippen MR) is 101 cm³/mol. The van der Waals surface area contributed by atoms with Crippen LogP contribution in [0.1, 0.15) is 21.6 Å². The normalized spacial score (nSPS) is 11.0. The molecule has 132 valence electrons. The molecule has 0 fully saturated rings. The Kier molecular flexibility index (Phi) is 5.25. The molecule has 3 rings (SSSR count). The second-order valence-corrected chi connectivity index (χ2v) is 6.22. The first-order chi connectivity index (χ1) is 12.5. The van der Waals surface area contributed by atoms with Crippen LogP contribution in [0.15, 0.2) is 53.6 Å². The number of phenolic OH excluding ortho intramolecular Hbond substituents is 1. The number of carbonyl (C=O) groups excluding carboxylic acids is 1. The number of amides is 1. The number of aromatic hydroxyl groups is 1. The van der Waals surface area contributed by atoms with Gasteiger partial charge in [-0.15, -0.1) is 0 Å². The maximum absolute atomic E-state index is 12.0. The van der Waals surface area contributed by atoms with Gasteiger partial charge < -0.3 is 5.11 Å². The third-order valence-corrected chi connectivity index (χ3v) is 4.19. The van der Waals surface area contributed by atoms with Gasteiger partial charge in [0, 0.05) is 10.6 Å². The van der Waals surface area contributed by atoms with E-state index in [4.69, 9.17) is 23.2 Å². The Morgan fingerprint density at radius 1 is 1.23 bits per heavy atom. The number of phenols is 1. The van der Waals surface area contributed by atoms with Crippen LogP contribution in [0.2, 0.25) is 10.2 Å². The van der Waals surface area contributed by atoms with E-state index in [2.05, 4.69) is 15.6 Å². The van der Waals surface area contributed by atoms with E-state index >= 15 is 0 Å². The molecule has 26 heavy (non-hydrogen) atoms. The van der Waals surface area contributed by atoms with Crippen molar-refractivity contribution in [3.63, 3.8) is 0 Å². The van der Waals surface area contributed by atoms with Gasteiger partial charge in [0.25, 0.3) is 5.91 Å². The summed E-state index contributed by atoms with van der Waals surface area (Å²) < 4.78 is 1.55. The predicted octanol–water partition coefficient (Wildman–Crippen LogP) is 3.96. The fourth-order valence-corrected chi connectivity index (χ4v) is 2.78. The second kappa shape index (κ2) is 7.59. The summed E-state index contributed by atoms with van der Waals surface area (Å²) >= 11 is 12.4. The summed E-state index contributed by atoms with van der Waals surface area (Å²) in [7, 11) is 0. The van der Waals surface area contributed by atoms with E-state index in [0.717, 1.165) is 5.69 Å². The molecular weight excluding hydrogens is 375 g/mol. The maximum Gasteiger partial charge on any atom is 0.271 e. The molecular formula is C18H14Cl2N4O2. The molecule has 0 aliphatic rings. The van der Waals surface area contributed by atoms with E-state index in [9.17, 15) is 9.90 Å². The van der Waals surface area contributed by atoms with Crippen LogP contribution in [0, 0.1) is 6.92 Å². The number of rotatable bonds is 4. The minimum absolute atomic E-state index is 0.0842. The van der Waals surface area contributed by atoms with Crippen LogP contribution in [0.3, 0.4) is 0 Å². The summed E-state index contributed by atoms with van der Waals surface area (Å²) in [6.45, 7) is 1.79. The number of hydrogen-bond donors (Lipinski definition) is 2. The van der Waals surface area contributed by atoms with Crippen molar-refractivity contribution in [3.8, 4) is 11.4 Å². The van der Waals surface area contributed by atoms with E-state index in [1.807, 2.05) is 6.07 Å². The van der Waals surface area contributed by atoms with Crippen LogP contribution < -0.4 is 5.43 Å². The van der Waals surface area contributed by atoms with Crippen molar-refractivity contribution in [3.05, 3.63) is 75.5 Å². The molecule has 1 aromatic heterocycles. The highest BCUT2D eigenvalue weighted by Gasteiger charge is 2.13. The first kappa shape index (κ1) is 18.0. The van der Waals surface area contributed by atoms with E-state index in [1.54, 1.807) is 29.8 Å². The van der Waals surface area contributed by atoms with Crippen molar-refractivity contribution >= 4 is 35.3 Å². The highest BCUT2D eigenvalue weighted by Crippen LogP contribution is 2.23. The van der Waals surface area contributed by atoms with Crippen LogP contribution in [0.25, 0.3) is 5.69 Å². The molecule has 1 amide bonds. The number of halogens is 2. The number of hydrogen-bond acceptors (Lipinski definition) is 4. The Balaban J connectivity index is 1.79. The highest BCUT2D eigenvalue weighted by atomic mass is 35.5. The molecule has 1 heterocycles. The van der Waals surface area contributed by atoms with Gasteiger partial charge in [-0.1, -0.05) is 29.3 Å². The zero-order valence-electron chi connectivity index (χ0n) is 13.6. The van der Waals surface area contributed by atoms with Crippen molar-refractivity contribution in [1.82, 2.24) is 15.2 Å². The van der Waals surface area contributed by atoms with Gasteiger partial charge in [0.05, 0.1) is 23.2 Å². The molecule has 0 atom stereocenters. The number of hydrazone groups is 1. The fraction of sp³-hybridized carbons (Fsp3) is 0.0556. The number of aromatic nitrogens is 2. The molecule has 0 aliphatic heterocycles. The minimum Gasteiger partial charge on any atom is -0.508 e. The van der Waals surface area contributed by atoms with Crippen LogP contribution in [-0.4, -0.2) is 27.0 Å². The Bertz CT molecular complexity index is 981. The monoisotopic (exact) mass is 388 g/mol. The van der Waals surface area contributed by atoms with E-state index < -0.39 is 5.91 Å². The topological polar surface area (TPSA) is 79.5 Å².